The van der Waals surface area contributed by atoms with Gasteiger partial charge in [-0.25, -0.2) is 15.0 Å². The van der Waals surface area contributed by atoms with Crippen LogP contribution in [-0.2, 0) is 0 Å². The van der Waals surface area contributed by atoms with Gasteiger partial charge in [-0.05, 0) is 71.7 Å². The van der Waals surface area contributed by atoms with Gasteiger partial charge < -0.3 is 0 Å². The molecule has 0 spiro atoms. The van der Waals surface area contributed by atoms with Crippen molar-refractivity contribution in [2.24, 2.45) is 0 Å². The van der Waals surface area contributed by atoms with Crippen molar-refractivity contribution in [1.29, 1.82) is 0 Å². The lowest BCUT2D eigenvalue weighted by molar-refractivity contribution is 1.08. The summed E-state index contributed by atoms with van der Waals surface area (Å²) < 4.78 is 0. The third kappa shape index (κ3) is 4.56. The topological polar surface area (TPSA) is 38.7 Å². The van der Waals surface area contributed by atoms with E-state index in [0.29, 0.717) is 17.5 Å². The zero-order valence-electron chi connectivity index (χ0n) is 27.1. The molecule has 0 amide bonds. The molecule has 1 heterocycles. The van der Waals surface area contributed by atoms with Crippen molar-refractivity contribution >= 4 is 53.9 Å². The predicted octanol–water partition coefficient (Wildman–Crippen LogP) is 12.3. The molecule has 1 aromatic heterocycles. The van der Waals surface area contributed by atoms with E-state index < -0.39 is 0 Å². The molecule has 10 rings (SSSR count). The molecule has 9 aromatic carbocycles. The Morgan fingerprint density at radius 2 is 0.680 bits per heavy atom. The van der Waals surface area contributed by atoms with Crippen molar-refractivity contribution in [2.75, 3.05) is 0 Å². The van der Waals surface area contributed by atoms with Gasteiger partial charge in [0.2, 0.25) is 0 Å². The molecule has 0 aliphatic carbocycles. The van der Waals surface area contributed by atoms with Gasteiger partial charge in [-0.1, -0.05) is 164 Å². The molecular weight excluding hydrogens is 607 g/mol. The second-order valence-corrected chi connectivity index (χ2v) is 12.8. The minimum Gasteiger partial charge on any atom is -0.208 e. The van der Waals surface area contributed by atoms with E-state index in [9.17, 15) is 0 Å². The van der Waals surface area contributed by atoms with Crippen LogP contribution >= 0.6 is 0 Å². The zero-order chi connectivity index (χ0) is 33.0. The molecule has 0 atom stereocenters. The fourth-order valence-corrected chi connectivity index (χ4v) is 7.59. The first-order valence-corrected chi connectivity index (χ1v) is 17.0. The Kier molecular flexibility index (Phi) is 6.49. The lowest BCUT2D eigenvalue weighted by Gasteiger charge is -2.17. The van der Waals surface area contributed by atoms with Crippen LogP contribution in [0.3, 0.4) is 0 Å². The highest BCUT2D eigenvalue weighted by Gasteiger charge is 2.20. The van der Waals surface area contributed by atoms with Gasteiger partial charge in [0.25, 0.3) is 0 Å². The van der Waals surface area contributed by atoms with Crippen LogP contribution < -0.4 is 0 Å². The average Bonchev–Trinajstić information content (AvgIpc) is 3.20. The molecule has 0 unspecified atom stereocenters. The molecular formula is C47H29N3. The van der Waals surface area contributed by atoms with Gasteiger partial charge in [0.15, 0.2) is 17.5 Å². The van der Waals surface area contributed by atoms with Crippen LogP contribution in [0.4, 0.5) is 0 Å². The number of fused-ring (bicyclic) bond motifs is 8. The van der Waals surface area contributed by atoms with Crippen molar-refractivity contribution < 1.29 is 0 Å². The first-order chi connectivity index (χ1) is 24.8. The van der Waals surface area contributed by atoms with Gasteiger partial charge in [-0.3, -0.25) is 0 Å². The number of rotatable bonds is 4. The molecule has 10 aromatic rings. The van der Waals surface area contributed by atoms with E-state index in [0.717, 1.165) is 54.7 Å². The highest BCUT2D eigenvalue weighted by molar-refractivity contribution is 6.28. The molecule has 3 heteroatoms. The predicted molar refractivity (Wildman–Crippen MR) is 209 cm³/mol. The van der Waals surface area contributed by atoms with Crippen LogP contribution in [0.1, 0.15) is 0 Å². The lowest BCUT2D eigenvalue weighted by atomic mass is 9.88. The third-order valence-electron chi connectivity index (χ3n) is 9.89. The Labute approximate surface area is 289 Å². The molecule has 3 nitrogen and oxygen atoms in total. The van der Waals surface area contributed by atoms with Gasteiger partial charge >= 0.3 is 0 Å². The normalized spacial score (nSPS) is 11.6. The van der Waals surface area contributed by atoms with Crippen LogP contribution in [0.15, 0.2) is 176 Å². The first-order valence-electron chi connectivity index (χ1n) is 17.0. The van der Waals surface area contributed by atoms with E-state index in [1.165, 1.54) is 26.9 Å². The molecule has 0 aliphatic rings. The molecule has 50 heavy (non-hydrogen) atoms. The molecule has 0 radical (unpaired) electrons. The summed E-state index contributed by atoms with van der Waals surface area (Å²) in [7, 11) is 0. The van der Waals surface area contributed by atoms with Crippen LogP contribution in [0.25, 0.3) is 99.2 Å². The second kappa shape index (κ2) is 11.5. The average molecular weight is 636 g/mol. The first kappa shape index (κ1) is 28.3. The van der Waals surface area contributed by atoms with Gasteiger partial charge in [-0.2, -0.15) is 0 Å². The minimum absolute atomic E-state index is 0.647. The van der Waals surface area contributed by atoms with Crippen molar-refractivity contribution in [3.8, 4) is 45.3 Å². The molecule has 232 valence electrons. The van der Waals surface area contributed by atoms with E-state index >= 15 is 0 Å². The second-order valence-electron chi connectivity index (χ2n) is 12.8. The summed E-state index contributed by atoms with van der Waals surface area (Å²) in [4.78, 5) is 16.0. The lowest BCUT2D eigenvalue weighted by Crippen LogP contribution is -2.02. The van der Waals surface area contributed by atoms with Crippen molar-refractivity contribution in [2.45, 2.75) is 0 Å². The third-order valence-corrected chi connectivity index (χ3v) is 9.89. The molecule has 0 bridgehead atoms. The maximum absolute atomic E-state index is 5.38. The maximum atomic E-state index is 5.38. The van der Waals surface area contributed by atoms with Crippen molar-refractivity contribution in [1.82, 2.24) is 15.0 Å². The molecule has 0 saturated carbocycles. The summed E-state index contributed by atoms with van der Waals surface area (Å²) in [6.07, 6.45) is 0. The smallest absolute Gasteiger partial charge is 0.164 e. The Bertz CT molecular complexity index is 2820. The number of benzene rings is 9. The zero-order valence-corrected chi connectivity index (χ0v) is 27.1. The largest absolute Gasteiger partial charge is 0.208 e. The summed E-state index contributed by atoms with van der Waals surface area (Å²) in [6.45, 7) is 0. The highest BCUT2D eigenvalue weighted by atomic mass is 15.0. The maximum Gasteiger partial charge on any atom is 0.164 e. The summed E-state index contributed by atoms with van der Waals surface area (Å²) in [5.74, 6) is 1.95. The van der Waals surface area contributed by atoms with E-state index in [1.807, 2.05) is 0 Å². The SMILES string of the molecule is c1ccc(-c2cc(-c3nc(-c4cccc5ccccc45)nc(-c4cccc5ccccc45)n3)c3c4ccccc4c4ccccc4c3c2)cc1. The van der Waals surface area contributed by atoms with Gasteiger partial charge in [0.05, 0.1) is 0 Å². The van der Waals surface area contributed by atoms with Crippen molar-refractivity contribution in [3.63, 3.8) is 0 Å². The Hall–Kier alpha value is -6.71. The molecule has 0 saturated heterocycles. The quantitative estimate of drug-likeness (QED) is 0.181. The standard InChI is InChI=1S/C47H29N3/c1-2-14-30(15-3-1)33-28-42-38-24-9-8-22-36(38)37-23-10-11-25-39(37)44(42)43(29-33)47-49-45(40-26-12-18-31-16-4-6-20-34(31)40)48-46(50-47)41-27-13-19-32-17-5-7-21-35(32)41/h1-29H. The molecule has 0 N–H and O–H groups in total. The number of hydrogen-bond donors (Lipinski definition) is 0. The number of nitrogens with zero attached hydrogens (tertiary/aromatic N) is 3. The fourth-order valence-electron chi connectivity index (χ4n) is 7.59. The summed E-state index contributed by atoms with van der Waals surface area (Å²) in [5.41, 5.74) is 5.20. The van der Waals surface area contributed by atoms with Gasteiger partial charge in [0.1, 0.15) is 0 Å². The molecule has 0 aliphatic heterocycles. The van der Waals surface area contributed by atoms with Crippen LogP contribution in [-0.4, -0.2) is 15.0 Å². The fraction of sp³-hybridized carbons (Fsp3) is 0. The summed E-state index contributed by atoms with van der Waals surface area (Å²) in [6, 6.07) is 62.2. The minimum atomic E-state index is 0.647. The van der Waals surface area contributed by atoms with Crippen molar-refractivity contribution in [3.05, 3.63) is 176 Å². The van der Waals surface area contributed by atoms with Crippen LogP contribution in [0, 0.1) is 0 Å². The van der Waals surface area contributed by atoms with Gasteiger partial charge in [0, 0.05) is 22.1 Å². The van der Waals surface area contributed by atoms with E-state index in [1.54, 1.807) is 0 Å². The van der Waals surface area contributed by atoms with E-state index in [2.05, 4.69) is 176 Å². The summed E-state index contributed by atoms with van der Waals surface area (Å²) in [5, 5.41) is 11.6. The monoisotopic (exact) mass is 635 g/mol. The Morgan fingerprint density at radius 1 is 0.260 bits per heavy atom. The molecule has 0 fully saturated rings. The highest BCUT2D eigenvalue weighted by Crippen LogP contribution is 2.43. The Balaban J connectivity index is 1.37. The Morgan fingerprint density at radius 3 is 1.26 bits per heavy atom. The summed E-state index contributed by atoms with van der Waals surface area (Å²) >= 11 is 0. The number of aromatic nitrogens is 3. The van der Waals surface area contributed by atoms with E-state index in [-0.39, 0.29) is 0 Å². The van der Waals surface area contributed by atoms with E-state index in [4.69, 9.17) is 15.0 Å². The van der Waals surface area contributed by atoms with Crippen LogP contribution in [0.2, 0.25) is 0 Å². The van der Waals surface area contributed by atoms with Crippen LogP contribution in [0.5, 0.6) is 0 Å². The van der Waals surface area contributed by atoms with Gasteiger partial charge in [-0.15, -0.1) is 0 Å². The number of hydrogen-bond acceptors (Lipinski definition) is 3.